The Bertz CT molecular complexity index is 1490. The zero-order valence-corrected chi connectivity index (χ0v) is 20.3. The van der Waals surface area contributed by atoms with Crippen LogP contribution in [0.1, 0.15) is 24.4 Å². The van der Waals surface area contributed by atoms with Gasteiger partial charge in [0.1, 0.15) is 5.69 Å². The smallest absolute Gasteiger partial charge is 0.329 e. The van der Waals surface area contributed by atoms with Gasteiger partial charge in [-0.15, -0.1) is 0 Å². The molecule has 1 aliphatic rings. The molecule has 1 N–H and O–H groups in total. The first-order valence-corrected chi connectivity index (χ1v) is 11.6. The molecule has 0 atom stereocenters. The Kier molecular flexibility index (Phi) is 5.83. The first kappa shape index (κ1) is 23.1. The molecule has 9 heteroatoms. The number of carbonyl (C=O) groups is 3. The molecule has 7 nitrogen and oxygen atoms in total. The molecular formula is C26H19Cl2N3O4. The number of anilines is 1. The van der Waals surface area contributed by atoms with Gasteiger partial charge in [-0.1, -0.05) is 67.4 Å². The van der Waals surface area contributed by atoms with Crippen LogP contribution in [0.25, 0.3) is 33.5 Å². The zero-order valence-electron chi connectivity index (χ0n) is 18.8. The predicted octanol–water partition coefficient (Wildman–Crippen LogP) is 6.36. The van der Waals surface area contributed by atoms with Crippen molar-refractivity contribution in [2.45, 2.75) is 13.8 Å². The van der Waals surface area contributed by atoms with Gasteiger partial charge in [-0.05, 0) is 29.8 Å². The summed E-state index contributed by atoms with van der Waals surface area (Å²) in [7, 11) is 0. The van der Waals surface area contributed by atoms with E-state index in [1.807, 2.05) is 30.3 Å². The lowest BCUT2D eigenvalue weighted by molar-refractivity contribution is -0.115. The average Bonchev–Trinajstić information content (AvgIpc) is 3.36. The molecule has 4 aromatic rings. The number of hydrogen-bond donors (Lipinski definition) is 1. The quantitative estimate of drug-likeness (QED) is 0.250. The van der Waals surface area contributed by atoms with E-state index in [-0.39, 0.29) is 29.5 Å². The Labute approximate surface area is 210 Å². The van der Waals surface area contributed by atoms with E-state index >= 15 is 0 Å². The highest BCUT2D eigenvalue weighted by atomic mass is 35.5. The Morgan fingerprint density at radius 2 is 1.77 bits per heavy atom. The topological polar surface area (TPSA) is 92.5 Å². The molecule has 5 rings (SSSR count). The van der Waals surface area contributed by atoms with Gasteiger partial charge in [-0.2, -0.15) is 0 Å². The fourth-order valence-corrected chi connectivity index (χ4v) is 4.37. The number of aromatic nitrogens is 1. The molecule has 0 radical (unpaired) electrons. The summed E-state index contributed by atoms with van der Waals surface area (Å²) in [5.41, 5.74) is 2.83. The van der Waals surface area contributed by atoms with E-state index in [4.69, 9.17) is 32.6 Å². The number of nitrogens with zero attached hydrogens (tertiary/aromatic N) is 2. The highest BCUT2D eigenvalue weighted by Crippen LogP contribution is 2.42. The summed E-state index contributed by atoms with van der Waals surface area (Å²) in [6.45, 7) is 3.26. The molecule has 3 amide bonds. The molecule has 0 bridgehead atoms. The maximum atomic E-state index is 13.1. The SMILES string of the molecule is CC(C)C(=O)c1oc2nc(-c3ccccc3Cl)c(-c3ccc(Cl)cc3)cc2c1N1C(=O)CNC1=O. The van der Waals surface area contributed by atoms with Crippen molar-refractivity contribution in [3.63, 3.8) is 0 Å². The number of nitrogens with one attached hydrogen (secondary N) is 1. The summed E-state index contributed by atoms with van der Waals surface area (Å²) < 4.78 is 5.94. The van der Waals surface area contributed by atoms with Gasteiger partial charge < -0.3 is 9.73 Å². The van der Waals surface area contributed by atoms with E-state index < -0.39 is 17.9 Å². The minimum Gasteiger partial charge on any atom is -0.432 e. The van der Waals surface area contributed by atoms with Crippen LogP contribution in [-0.4, -0.2) is 29.3 Å². The third-order valence-electron chi connectivity index (χ3n) is 5.76. The number of fused-ring (bicyclic) bond motifs is 1. The van der Waals surface area contributed by atoms with Crippen LogP contribution < -0.4 is 10.2 Å². The van der Waals surface area contributed by atoms with Crippen LogP contribution in [-0.2, 0) is 4.79 Å². The van der Waals surface area contributed by atoms with Crippen molar-refractivity contribution < 1.29 is 18.8 Å². The molecule has 176 valence electrons. The van der Waals surface area contributed by atoms with Crippen molar-refractivity contribution in [1.29, 1.82) is 0 Å². The summed E-state index contributed by atoms with van der Waals surface area (Å²) in [4.78, 5) is 44.0. The number of hydrogen-bond acceptors (Lipinski definition) is 5. The van der Waals surface area contributed by atoms with Gasteiger partial charge >= 0.3 is 6.03 Å². The number of pyridine rings is 1. The number of furan rings is 1. The highest BCUT2D eigenvalue weighted by Gasteiger charge is 2.38. The molecule has 0 unspecified atom stereocenters. The van der Waals surface area contributed by atoms with Crippen LogP contribution >= 0.6 is 23.2 Å². The fourth-order valence-electron chi connectivity index (χ4n) is 4.02. The van der Waals surface area contributed by atoms with E-state index in [9.17, 15) is 14.4 Å². The van der Waals surface area contributed by atoms with Crippen molar-refractivity contribution in [3.8, 4) is 22.4 Å². The number of amides is 3. The monoisotopic (exact) mass is 507 g/mol. The van der Waals surface area contributed by atoms with Crippen LogP contribution in [0.4, 0.5) is 10.5 Å². The number of benzene rings is 2. The van der Waals surface area contributed by atoms with Gasteiger partial charge in [0.05, 0.1) is 17.6 Å². The zero-order chi connectivity index (χ0) is 24.9. The van der Waals surface area contributed by atoms with Gasteiger partial charge in [0.2, 0.25) is 11.5 Å². The largest absolute Gasteiger partial charge is 0.432 e. The summed E-state index contributed by atoms with van der Waals surface area (Å²) >= 11 is 12.6. The van der Waals surface area contributed by atoms with Crippen LogP contribution in [0.5, 0.6) is 0 Å². The Morgan fingerprint density at radius 3 is 2.40 bits per heavy atom. The first-order chi connectivity index (χ1) is 16.8. The van der Waals surface area contributed by atoms with Gasteiger partial charge in [0.25, 0.3) is 5.91 Å². The van der Waals surface area contributed by atoms with Crippen molar-refractivity contribution in [2.75, 3.05) is 11.4 Å². The van der Waals surface area contributed by atoms with E-state index in [1.54, 1.807) is 38.1 Å². The molecular weight excluding hydrogens is 489 g/mol. The number of halogens is 2. The number of urea groups is 1. The molecule has 0 spiro atoms. The van der Waals surface area contributed by atoms with Crippen LogP contribution in [0.2, 0.25) is 10.0 Å². The minimum atomic E-state index is -0.626. The molecule has 1 saturated heterocycles. The van der Waals surface area contributed by atoms with Crippen LogP contribution in [0.3, 0.4) is 0 Å². The van der Waals surface area contributed by atoms with Crippen LogP contribution in [0.15, 0.2) is 59.0 Å². The van der Waals surface area contributed by atoms with E-state index in [1.165, 1.54) is 0 Å². The van der Waals surface area contributed by atoms with Gasteiger partial charge in [0, 0.05) is 27.1 Å². The maximum absolute atomic E-state index is 13.1. The van der Waals surface area contributed by atoms with E-state index in [0.717, 1.165) is 10.5 Å². The summed E-state index contributed by atoms with van der Waals surface area (Å²) in [5, 5.41) is 3.90. The van der Waals surface area contributed by atoms with Crippen molar-refractivity contribution in [2.24, 2.45) is 5.92 Å². The highest BCUT2D eigenvalue weighted by molar-refractivity contribution is 6.33. The van der Waals surface area contributed by atoms with Gasteiger partial charge in [-0.25, -0.2) is 14.7 Å². The standard InChI is InChI=1S/C26H19Cl2N3O4/c1-13(2)23(33)24-22(31-20(32)12-29-26(31)34)18-11-17(14-7-9-15(27)10-8-14)21(30-25(18)35-24)16-5-3-4-6-19(16)28/h3-11,13H,12H2,1-2H3,(H,29,34). The van der Waals surface area contributed by atoms with Crippen molar-refractivity contribution in [1.82, 2.24) is 10.3 Å². The molecule has 1 aliphatic heterocycles. The molecule has 0 saturated carbocycles. The second-order valence-electron chi connectivity index (χ2n) is 8.41. The molecule has 35 heavy (non-hydrogen) atoms. The fraction of sp³-hybridized carbons (Fsp3) is 0.154. The number of Topliss-reactive ketones (excluding diaryl/α,β-unsaturated/α-hetero) is 1. The number of rotatable bonds is 5. The van der Waals surface area contributed by atoms with E-state index in [2.05, 4.69) is 5.32 Å². The Hall–Kier alpha value is -3.68. The second kappa shape index (κ2) is 8.83. The number of ketones is 1. The molecule has 1 fully saturated rings. The second-order valence-corrected chi connectivity index (χ2v) is 9.25. The molecule has 2 aromatic carbocycles. The maximum Gasteiger partial charge on any atom is 0.329 e. The van der Waals surface area contributed by atoms with Crippen LogP contribution in [0, 0.1) is 5.92 Å². The third kappa shape index (κ3) is 3.96. The summed E-state index contributed by atoms with van der Waals surface area (Å²) in [5.74, 6) is -1.36. The first-order valence-electron chi connectivity index (χ1n) is 10.9. The normalized spacial score (nSPS) is 13.7. The number of carbonyl (C=O) groups excluding carboxylic acids is 3. The lowest BCUT2D eigenvalue weighted by Crippen LogP contribution is -2.32. The Morgan fingerprint density at radius 1 is 1.06 bits per heavy atom. The third-order valence-corrected chi connectivity index (χ3v) is 6.34. The van der Waals surface area contributed by atoms with Crippen molar-refractivity contribution >= 4 is 57.7 Å². The Balaban J connectivity index is 1.87. The summed E-state index contributed by atoms with van der Waals surface area (Å²) in [6.07, 6.45) is 0. The van der Waals surface area contributed by atoms with Gasteiger partial charge in [0.15, 0.2) is 5.76 Å². The summed E-state index contributed by atoms with van der Waals surface area (Å²) in [6, 6.07) is 15.5. The lowest BCUT2D eigenvalue weighted by atomic mass is 9.97. The molecule has 0 aliphatic carbocycles. The van der Waals surface area contributed by atoms with Crippen molar-refractivity contribution in [3.05, 3.63) is 70.4 Å². The van der Waals surface area contributed by atoms with E-state index in [0.29, 0.717) is 32.3 Å². The lowest BCUT2D eigenvalue weighted by Gasteiger charge is -2.14. The molecule has 3 heterocycles. The van der Waals surface area contributed by atoms with Gasteiger partial charge in [-0.3, -0.25) is 9.59 Å². The number of imide groups is 1. The average molecular weight is 508 g/mol. The predicted molar refractivity (Wildman–Crippen MR) is 135 cm³/mol. The molecule has 2 aromatic heterocycles. The minimum absolute atomic E-state index is 0.0899.